The van der Waals surface area contributed by atoms with Crippen LogP contribution in [0.1, 0.15) is 0 Å². The Kier molecular flexibility index (Phi) is 3.66. The third kappa shape index (κ3) is 2.58. The van der Waals surface area contributed by atoms with Crippen LogP contribution < -0.4 is 4.90 Å². The van der Waals surface area contributed by atoms with Crippen LogP contribution in [0.2, 0.25) is 5.15 Å². The van der Waals surface area contributed by atoms with Gasteiger partial charge in [0, 0.05) is 0 Å². The number of aromatic nitrogens is 2. The van der Waals surface area contributed by atoms with Crippen molar-refractivity contribution < 1.29 is 0 Å². The second-order valence-electron chi connectivity index (χ2n) is 2.39. The summed E-state index contributed by atoms with van der Waals surface area (Å²) < 4.78 is 0. The van der Waals surface area contributed by atoms with Crippen LogP contribution in [0, 0.1) is 22.7 Å². The molecule has 0 aliphatic rings. The molecule has 5 nitrogen and oxygen atoms in total. The van der Waals surface area contributed by atoms with Gasteiger partial charge in [-0.25, -0.2) is 0 Å². The lowest BCUT2D eigenvalue weighted by molar-refractivity contribution is 0.893. The Hall–Kier alpha value is -1.85. The Labute approximate surface area is 86.1 Å². The minimum absolute atomic E-state index is 0.101. The van der Waals surface area contributed by atoms with E-state index in [1.54, 1.807) is 12.1 Å². The highest BCUT2D eigenvalue weighted by atomic mass is 35.5. The maximum absolute atomic E-state index is 8.50. The minimum atomic E-state index is 0.101. The molecule has 1 aromatic heterocycles. The van der Waals surface area contributed by atoms with Crippen LogP contribution in [0.3, 0.4) is 0 Å². The van der Waals surface area contributed by atoms with Crippen molar-refractivity contribution in [1.82, 2.24) is 10.2 Å². The molecule has 6 heteroatoms. The van der Waals surface area contributed by atoms with Gasteiger partial charge in [-0.15, -0.1) is 10.2 Å². The van der Waals surface area contributed by atoms with Crippen molar-refractivity contribution in [2.45, 2.75) is 0 Å². The fourth-order valence-corrected chi connectivity index (χ4v) is 0.967. The summed E-state index contributed by atoms with van der Waals surface area (Å²) in [6, 6.07) is 7.06. The summed E-state index contributed by atoms with van der Waals surface area (Å²) in [5.41, 5.74) is 0. The monoisotopic (exact) mass is 207 g/mol. The molecule has 0 aliphatic heterocycles. The number of rotatable bonds is 3. The second-order valence-corrected chi connectivity index (χ2v) is 2.77. The van der Waals surface area contributed by atoms with Gasteiger partial charge in [-0.05, 0) is 12.1 Å². The first-order valence-corrected chi connectivity index (χ1v) is 4.14. The average molecular weight is 208 g/mol. The molecule has 0 aliphatic carbocycles. The minimum Gasteiger partial charge on any atom is -0.328 e. The van der Waals surface area contributed by atoms with Gasteiger partial charge in [0.2, 0.25) is 0 Å². The van der Waals surface area contributed by atoms with E-state index >= 15 is 0 Å². The van der Waals surface area contributed by atoms with Crippen LogP contribution >= 0.6 is 11.6 Å². The molecule has 0 radical (unpaired) electrons. The SMILES string of the molecule is N#CCN(CC#N)c1ccc(Cl)nn1. The molecule has 0 amide bonds. The zero-order chi connectivity index (χ0) is 10.4. The summed E-state index contributed by atoms with van der Waals surface area (Å²) in [5, 5.41) is 24.7. The van der Waals surface area contributed by atoms with Crippen LogP contribution in [0.15, 0.2) is 12.1 Å². The second kappa shape index (κ2) is 5.00. The van der Waals surface area contributed by atoms with Gasteiger partial charge in [-0.2, -0.15) is 10.5 Å². The van der Waals surface area contributed by atoms with E-state index in [9.17, 15) is 0 Å². The van der Waals surface area contributed by atoms with E-state index in [2.05, 4.69) is 10.2 Å². The van der Waals surface area contributed by atoms with Gasteiger partial charge in [0.1, 0.15) is 13.1 Å². The molecule has 0 fully saturated rings. The van der Waals surface area contributed by atoms with Crippen molar-refractivity contribution in [3.05, 3.63) is 17.3 Å². The smallest absolute Gasteiger partial charge is 0.153 e. The van der Waals surface area contributed by atoms with Crippen molar-refractivity contribution in [2.24, 2.45) is 0 Å². The number of hydrogen-bond acceptors (Lipinski definition) is 5. The van der Waals surface area contributed by atoms with E-state index in [1.807, 2.05) is 12.1 Å². The molecule has 0 saturated heterocycles. The largest absolute Gasteiger partial charge is 0.328 e. The quantitative estimate of drug-likeness (QED) is 0.691. The third-order valence-electron chi connectivity index (χ3n) is 1.47. The molecule has 70 valence electrons. The van der Waals surface area contributed by atoms with E-state index in [4.69, 9.17) is 22.1 Å². The molecule has 0 unspecified atom stereocenters. The van der Waals surface area contributed by atoms with Gasteiger partial charge < -0.3 is 4.90 Å². The lowest BCUT2D eigenvalue weighted by Crippen LogP contribution is -2.24. The predicted octanol–water partition coefficient (Wildman–Crippen LogP) is 0.984. The molecule has 0 bridgehead atoms. The highest BCUT2D eigenvalue weighted by molar-refractivity contribution is 6.29. The molecular formula is C8H6ClN5. The molecule has 0 spiro atoms. The maximum atomic E-state index is 8.50. The molecule has 1 heterocycles. The molecule has 0 aromatic carbocycles. The maximum Gasteiger partial charge on any atom is 0.153 e. The van der Waals surface area contributed by atoms with E-state index in [0.717, 1.165) is 0 Å². The van der Waals surface area contributed by atoms with Crippen LogP contribution in [-0.4, -0.2) is 23.3 Å². The first-order valence-electron chi connectivity index (χ1n) is 3.76. The van der Waals surface area contributed by atoms with Crippen molar-refractivity contribution in [1.29, 1.82) is 10.5 Å². The predicted molar refractivity (Wildman–Crippen MR) is 50.5 cm³/mol. The summed E-state index contributed by atoms with van der Waals surface area (Å²) >= 11 is 5.55. The Balaban J connectivity index is 2.84. The van der Waals surface area contributed by atoms with Crippen LogP contribution in [0.4, 0.5) is 5.82 Å². The van der Waals surface area contributed by atoms with Crippen LogP contribution in [-0.2, 0) is 0 Å². The fourth-order valence-electron chi connectivity index (χ4n) is 0.866. The van der Waals surface area contributed by atoms with E-state index in [-0.39, 0.29) is 18.2 Å². The van der Waals surface area contributed by atoms with Gasteiger partial charge in [-0.3, -0.25) is 0 Å². The van der Waals surface area contributed by atoms with Gasteiger partial charge >= 0.3 is 0 Å². The first-order chi connectivity index (χ1) is 6.77. The Morgan fingerprint density at radius 3 is 2.29 bits per heavy atom. The zero-order valence-electron chi connectivity index (χ0n) is 7.18. The number of halogens is 1. The number of hydrogen-bond donors (Lipinski definition) is 0. The van der Waals surface area contributed by atoms with Gasteiger partial charge in [0.15, 0.2) is 11.0 Å². The van der Waals surface area contributed by atoms with Gasteiger partial charge in [0.05, 0.1) is 12.1 Å². The lowest BCUT2D eigenvalue weighted by atomic mass is 10.4. The van der Waals surface area contributed by atoms with E-state index in [0.29, 0.717) is 5.82 Å². The number of nitriles is 2. The van der Waals surface area contributed by atoms with Gasteiger partial charge in [-0.1, -0.05) is 11.6 Å². The topological polar surface area (TPSA) is 76.6 Å². The van der Waals surface area contributed by atoms with Crippen molar-refractivity contribution in [3.8, 4) is 12.1 Å². The average Bonchev–Trinajstić information content (AvgIpc) is 2.19. The van der Waals surface area contributed by atoms with Gasteiger partial charge in [0.25, 0.3) is 0 Å². The summed E-state index contributed by atoms with van der Waals surface area (Å²) in [7, 11) is 0. The standard InChI is InChI=1S/C8H6ClN5/c9-7-1-2-8(13-12-7)14(5-3-10)6-4-11/h1-2H,5-6H2. The zero-order valence-corrected chi connectivity index (χ0v) is 7.94. The lowest BCUT2D eigenvalue weighted by Gasteiger charge is -2.15. The van der Waals surface area contributed by atoms with Crippen LogP contribution in [0.5, 0.6) is 0 Å². The van der Waals surface area contributed by atoms with Crippen molar-refractivity contribution in [2.75, 3.05) is 18.0 Å². The highest BCUT2D eigenvalue weighted by Gasteiger charge is 2.06. The fraction of sp³-hybridized carbons (Fsp3) is 0.250. The summed E-state index contributed by atoms with van der Waals surface area (Å²) in [4.78, 5) is 1.50. The number of anilines is 1. The molecular weight excluding hydrogens is 202 g/mol. The molecule has 0 atom stereocenters. The van der Waals surface area contributed by atoms with E-state index in [1.165, 1.54) is 4.90 Å². The summed E-state index contributed by atoms with van der Waals surface area (Å²) in [5.74, 6) is 0.470. The Morgan fingerprint density at radius 1 is 1.21 bits per heavy atom. The molecule has 0 saturated carbocycles. The molecule has 14 heavy (non-hydrogen) atoms. The molecule has 0 N–H and O–H groups in total. The third-order valence-corrected chi connectivity index (χ3v) is 1.67. The van der Waals surface area contributed by atoms with E-state index < -0.39 is 0 Å². The molecule has 1 aromatic rings. The number of nitrogens with zero attached hydrogens (tertiary/aromatic N) is 5. The van der Waals surface area contributed by atoms with Crippen LogP contribution in [0.25, 0.3) is 0 Å². The Bertz CT molecular complexity index is 358. The first kappa shape index (κ1) is 10.2. The highest BCUT2D eigenvalue weighted by Crippen LogP contribution is 2.10. The normalized spacial score (nSPS) is 8.79. The molecule has 1 rings (SSSR count). The summed E-state index contributed by atoms with van der Waals surface area (Å²) in [6.45, 7) is 0.202. The van der Waals surface area contributed by atoms with Crippen molar-refractivity contribution in [3.63, 3.8) is 0 Å². The summed E-state index contributed by atoms with van der Waals surface area (Å²) in [6.07, 6.45) is 0. The van der Waals surface area contributed by atoms with Crippen molar-refractivity contribution >= 4 is 17.4 Å². The Morgan fingerprint density at radius 2 is 1.86 bits per heavy atom.